The van der Waals surface area contributed by atoms with Crippen LogP contribution in [-0.2, 0) is 23.4 Å². The normalized spacial score (nSPS) is 19.8. The molecule has 2 atom stereocenters. The van der Waals surface area contributed by atoms with Gasteiger partial charge in [0.25, 0.3) is 0 Å². The molecule has 0 radical (unpaired) electrons. The SMILES string of the molecule is CCn1nc(C)c(C(C)NC(=O)N2CCC3(C2)OCCn2nc(-c4cnc(N)c(OC(F)(F)F)c4)cc23)c1C. The Labute approximate surface area is 223 Å². The summed E-state index contributed by atoms with van der Waals surface area (Å²) in [5.41, 5.74) is 9.18. The molecule has 2 aliphatic heterocycles. The standard InChI is InChI=1S/C25H31F3N8O3/c1-5-35-16(4)21(15(3)32-35)14(2)31-23(37)34-7-6-24(13-34)20-11-18(33-36(20)8-9-38-24)17-10-19(22(29)30-12-17)39-25(26,27)28/h10-12,14H,5-9,13H2,1-4H3,(H2,29,30)(H,31,37). The van der Waals surface area contributed by atoms with Gasteiger partial charge < -0.3 is 25.4 Å². The van der Waals surface area contributed by atoms with Gasteiger partial charge in [-0.3, -0.25) is 9.36 Å². The summed E-state index contributed by atoms with van der Waals surface area (Å²) in [6, 6.07) is 2.49. The van der Waals surface area contributed by atoms with Gasteiger partial charge in [-0.25, -0.2) is 9.78 Å². The van der Waals surface area contributed by atoms with Gasteiger partial charge in [0.15, 0.2) is 11.6 Å². The van der Waals surface area contributed by atoms with E-state index < -0.39 is 17.7 Å². The summed E-state index contributed by atoms with van der Waals surface area (Å²) in [5, 5.41) is 12.2. The van der Waals surface area contributed by atoms with Crippen LogP contribution in [0.2, 0.25) is 0 Å². The highest BCUT2D eigenvalue weighted by Crippen LogP contribution is 2.40. The van der Waals surface area contributed by atoms with Crippen LogP contribution in [0.15, 0.2) is 18.3 Å². The number of alkyl halides is 3. The van der Waals surface area contributed by atoms with Crippen LogP contribution >= 0.6 is 0 Å². The lowest BCUT2D eigenvalue weighted by atomic mass is 9.96. The average Bonchev–Trinajstić information content (AvgIpc) is 3.56. The molecule has 1 spiro atoms. The first-order valence-corrected chi connectivity index (χ1v) is 12.7. The van der Waals surface area contributed by atoms with Gasteiger partial charge in [-0.15, -0.1) is 13.2 Å². The second-order valence-electron chi connectivity index (χ2n) is 9.88. The highest BCUT2D eigenvalue weighted by atomic mass is 19.4. The summed E-state index contributed by atoms with van der Waals surface area (Å²) < 4.78 is 52.3. The van der Waals surface area contributed by atoms with Crippen LogP contribution in [0.4, 0.5) is 23.8 Å². The molecule has 1 saturated heterocycles. The van der Waals surface area contributed by atoms with Crippen LogP contribution < -0.4 is 15.8 Å². The van der Waals surface area contributed by atoms with Crippen LogP contribution in [0.5, 0.6) is 5.75 Å². The zero-order chi connectivity index (χ0) is 28.1. The Morgan fingerprint density at radius 2 is 2.05 bits per heavy atom. The van der Waals surface area contributed by atoms with Crippen molar-refractivity contribution in [3.05, 3.63) is 41.0 Å². The fourth-order valence-electron chi connectivity index (χ4n) is 5.57. The zero-order valence-electron chi connectivity index (χ0n) is 22.2. The van der Waals surface area contributed by atoms with Gasteiger partial charge in [0.05, 0.1) is 42.8 Å². The van der Waals surface area contributed by atoms with E-state index in [4.69, 9.17) is 10.5 Å². The van der Waals surface area contributed by atoms with Crippen LogP contribution in [0.3, 0.4) is 0 Å². The molecule has 14 heteroatoms. The van der Waals surface area contributed by atoms with E-state index >= 15 is 0 Å². The minimum atomic E-state index is -4.90. The molecule has 2 unspecified atom stereocenters. The van der Waals surface area contributed by atoms with Crippen molar-refractivity contribution in [3.63, 3.8) is 0 Å². The number of ether oxygens (including phenoxy) is 2. The molecular weight excluding hydrogens is 517 g/mol. The molecule has 0 aromatic carbocycles. The highest BCUT2D eigenvalue weighted by Gasteiger charge is 2.47. The summed E-state index contributed by atoms with van der Waals surface area (Å²) in [4.78, 5) is 18.8. The second kappa shape index (κ2) is 9.74. The van der Waals surface area contributed by atoms with Gasteiger partial charge in [0, 0.05) is 42.5 Å². The van der Waals surface area contributed by atoms with Crippen molar-refractivity contribution in [1.29, 1.82) is 0 Å². The van der Waals surface area contributed by atoms with Gasteiger partial charge in [-0.05, 0) is 39.8 Å². The average molecular weight is 549 g/mol. The highest BCUT2D eigenvalue weighted by molar-refractivity contribution is 5.75. The van der Waals surface area contributed by atoms with Gasteiger partial charge in [-0.1, -0.05) is 0 Å². The molecule has 0 saturated carbocycles. The Balaban J connectivity index is 1.35. The van der Waals surface area contributed by atoms with E-state index in [0.29, 0.717) is 43.9 Å². The molecule has 0 bridgehead atoms. The van der Waals surface area contributed by atoms with Crippen molar-refractivity contribution in [1.82, 2.24) is 34.8 Å². The lowest BCUT2D eigenvalue weighted by molar-refractivity contribution is -0.274. The van der Waals surface area contributed by atoms with Crippen molar-refractivity contribution < 1.29 is 27.4 Å². The van der Waals surface area contributed by atoms with E-state index in [1.54, 1.807) is 15.6 Å². The number of pyridine rings is 1. The Kier molecular flexibility index (Phi) is 6.69. The molecular formula is C25H31F3N8O3. The number of aromatic nitrogens is 5. The van der Waals surface area contributed by atoms with Crippen molar-refractivity contribution in [2.45, 2.75) is 65.2 Å². The maximum absolute atomic E-state index is 13.3. The number of nitrogens with zero attached hydrogens (tertiary/aromatic N) is 6. The molecule has 210 valence electrons. The van der Waals surface area contributed by atoms with Gasteiger partial charge in [-0.2, -0.15) is 10.2 Å². The van der Waals surface area contributed by atoms with E-state index in [1.807, 2.05) is 32.4 Å². The van der Waals surface area contributed by atoms with Crippen molar-refractivity contribution >= 4 is 11.8 Å². The van der Waals surface area contributed by atoms with Crippen LogP contribution in [-0.4, -0.2) is 61.5 Å². The maximum Gasteiger partial charge on any atom is 0.573 e. The summed E-state index contributed by atoms with van der Waals surface area (Å²) >= 11 is 0. The number of aryl methyl sites for hydroxylation is 2. The molecule has 39 heavy (non-hydrogen) atoms. The number of carbonyl (C=O) groups is 1. The lowest BCUT2D eigenvalue weighted by Gasteiger charge is -2.34. The quantitative estimate of drug-likeness (QED) is 0.499. The van der Waals surface area contributed by atoms with Gasteiger partial charge >= 0.3 is 12.4 Å². The lowest BCUT2D eigenvalue weighted by Crippen LogP contribution is -2.45. The Morgan fingerprint density at radius 3 is 2.74 bits per heavy atom. The maximum atomic E-state index is 13.3. The Bertz CT molecular complexity index is 1400. The molecule has 1 fully saturated rings. The first kappa shape index (κ1) is 26.8. The number of nitrogens with one attached hydrogen (secondary N) is 1. The summed E-state index contributed by atoms with van der Waals surface area (Å²) in [7, 11) is 0. The molecule has 3 N–H and O–H groups in total. The number of rotatable bonds is 5. The molecule has 2 aliphatic rings. The number of fused-ring (bicyclic) bond motifs is 2. The minimum Gasteiger partial charge on any atom is -0.402 e. The van der Waals surface area contributed by atoms with E-state index in [-0.39, 0.29) is 17.9 Å². The summed E-state index contributed by atoms with van der Waals surface area (Å²) in [6.07, 6.45) is -3.01. The van der Waals surface area contributed by atoms with Crippen molar-refractivity contribution in [3.8, 4) is 17.0 Å². The number of hydrogen-bond donors (Lipinski definition) is 2. The first-order valence-electron chi connectivity index (χ1n) is 12.7. The number of carbonyl (C=O) groups excluding carboxylic acids is 1. The van der Waals surface area contributed by atoms with E-state index in [1.165, 1.54) is 6.20 Å². The number of nitrogens with two attached hydrogens (primary N) is 1. The topological polar surface area (TPSA) is 125 Å². The number of amides is 2. The van der Waals surface area contributed by atoms with Crippen molar-refractivity contribution in [2.75, 3.05) is 25.4 Å². The third-order valence-corrected chi connectivity index (χ3v) is 7.36. The molecule has 3 aromatic rings. The molecule has 5 heterocycles. The summed E-state index contributed by atoms with van der Waals surface area (Å²) in [5.74, 6) is -0.969. The number of urea groups is 1. The number of hydrogen-bond acceptors (Lipinski definition) is 7. The fourth-order valence-corrected chi connectivity index (χ4v) is 5.57. The van der Waals surface area contributed by atoms with Crippen LogP contribution in [0.1, 0.15) is 49.0 Å². The number of likely N-dealkylation sites (tertiary alicyclic amines) is 1. The van der Waals surface area contributed by atoms with E-state index in [9.17, 15) is 18.0 Å². The fraction of sp³-hybridized carbons (Fsp3) is 0.520. The molecule has 0 aliphatic carbocycles. The third-order valence-electron chi connectivity index (χ3n) is 7.36. The van der Waals surface area contributed by atoms with E-state index in [0.717, 1.165) is 35.3 Å². The Morgan fingerprint density at radius 1 is 1.28 bits per heavy atom. The summed E-state index contributed by atoms with van der Waals surface area (Å²) in [6.45, 7) is 10.3. The molecule has 5 rings (SSSR count). The van der Waals surface area contributed by atoms with Crippen LogP contribution in [0, 0.1) is 13.8 Å². The second-order valence-corrected chi connectivity index (χ2v) is 9.88. The predicted octanol–water partition coefficient (Wildman–Crippen LogP) is 3.66. The largest absolute Gasteiger partial charge is 0.573 e. The predicted molar refractivity (Wildman–Crippen MR) is 135 cm³/mol. The van der Waals surface area contributed by atoms with E-state index in [2.05, 4.69) is 25.2 Å². The molecule has 3 aromatic heterocycles. The molecule has 2 amide bonds. The molecule has 11 nitrogen and oxygen atoms in total. The zero-order valence-corrected chi connectivity index (χ0v) is 22.2. The van der Waals surface area contributed by atoms with Crippen molar-refractivity contribution in [2.24, 2.45) is 0 Å². The van der Waals surface area contributed by atoms with Crippen LogP contribution in [0.25, 0.3) is 11.3 Å². The van der Waals surface area contributed by atoms with Gasteiger partial charge in [0.2, 0.25) is 0 Å². The number of nitrogen functional groups attached to an aromatic ring is 1. The van der Waals surface area contributed by atoms with Gasteiger partial charge in [0.1, 0.15) is 5.60 Å². The first-order chi connectivity index (χ1) is 18.4. The third kappa shape index (κ3) is 5.00. The smallest absolute Gasteiger partial charge is 0.402 e. The Hall–Kier alpha value is -3.81. The monoisotopic (exact) mass is 548 g/mol. The number of anilines is 1. The number of halogens is 3. The minimum absolute atomic E-state index is 0.209.